The lowest BCUT2D eigenvalue weighted by Gasteiger charge is -2.43. The fourth-order valence-electron chi connectivity index (χ4n) is 1.87. The van der Waals surface area contributed by atoms with Crippen molar-refractivity contribution in [1.29, 1.82) is 0 Å². The number of hydrogen-bond donors (Lipinski definition) is 0. The van der Waals surface area contributed by atoms with Crippen molar-refractivity contribution in [2.45, 2.75) is 45.9 Å². The van der Waals surface area contributed by atoms with E-state index in [4.69, 9.17) is 14.2 Å². The minimum atomic E-state index is -0.801. The van der Waals surface area contributed by atoms with Crippen LogP contribution in [0.5, 0.6) is 5.75 Å². The van der Waals surface area contributed by atoms with E-state index in [1.807, 2.05) is 6.92 Å². The normalized spacial score (nSPS) is 22.7. The average Bonchev–Trinajstić information content (AvgIpc) is 2.23. The number of nitro groups is 1. The number of aryl methyl sites for hydroxylation is 1. The molecule has 1 aliphatic heterocycles. The summed E-state index contributed by atoms with van der Waals surface area (Å²) in [5.74, 6) is 0.224. The number of rotatable bonds is 4. The summed E-state index contributed by atoms with van der Waals surface area (Å²) in [6.45, 7) is 7.18. The average molecular weight is 267 g/mol. The Bertz CT molecular complexity index is 494. The van der Waals surface area contributed by atoms with Gasteiger partial charge in [-0.25, -0.2) is 0 Å². The van der Waals surface area contributed by atoms with E-state index in [2.05, 4.69) is 0 Å². The summed E-state index contributed by atoms with van der Waals surface area (Å²) in [5, 5.41) is 11.0. The van der Waals surface area contributed by atoms with Crippen LogP contribution in [0.4, 0.5) is 5.69 Å². The second-order valence-electron chi connectivity index (χ2n) is 5.11. The summed E-state index contributed by atoms with van der Waals surface area (Å²) in [7, 11) is 0. The van der Waals surface area contributed by atoms with Crippen molar-refractivity contribution < 1.29 is 19.1 Å². The summed E-state index contributed by atoms with van der Waals surface area (Å²) < 4.78 is 16.5. The molecule has 0 aliphatic carbocycles. The van der Waals surface area contributed by atoms with Crippen LogP contribution in [-0.4, -0.2) is 23.1 Å². The van der Waals surface area contributed by atoms with Gasteiger partial charge in [0.15, 0.2) is 17.6 Å². The standard InChI is InChI=1S/C13H17NO5/c1-8-5-6-10(14(15)16)11(7-8)19-13(3,4)12-17-9(2)18-12/h5-7,9,12H,1-4H3. The van der Waals surface area contributed by atoms with Gasteiger partial charge in [-0.05, 0) is 39.3 Å². The van der Waals surface area contributed by atoms with Crippen molar-refractivity contribution >= 4 is 5.69 Å². The molecule has 1 aliphatic rings. The summed E-state index contributed by atoms with van der Waals surface area (Å²) >= 11 is 0. The molecule has 19 heavy (non-hydrogen) atoms. The highest BCUT2D eigenvalue weighted by Gasteiger charge is 2.43. The fourth-order valence-corrected chi connectivity index (χ4v) is 1.87. The smallest absolute Gasteiger partial charge is 0.310 e. The quantitative estimate of drug-likeness (QED) is 0.619. The second kappa shape index (κ2) is 4.79. The van der Waals surface area contributed by atoms with E-state index in [9.17, 15) is 10.1 Å². The van der Waals surface area contributed by atoms with Gasteiger partial charge in [0.1, 0.15) is 0 Å². The Hall–Kier alpha value is -1.66. The Kier molecular flexibility index (Phi) is 3.47. The van der Waals surface area contributed by atoms with Crippen LogP contribution in [-0.2, 0) is 9.47 Å². The highest BCUT2D eigenvalue weighted by molar-refractivity contribution is 5.48. The number of ether oxygens (including phenoxy) is 3. The molecule has 104 valence electrons. The van der Waals surface area contributed by atoms with Crippen LogP contribution in [0.15, 0.2) is 18.2 Å². The van der Waals surface area contributed by atoms with Crippen LogP contribution >= 0.6 is 0 Å². The lowest BCUT2D eigenvalue weighted by Crippen LogP contribution is -2.55. The Balaban J connectivity index is 2.22. The van der Waals surface area contributed by atoms with E-state index >= 15 is 0 Å². The van der Waals surface area contributed by atoms with Crippen molar-refractivity contribution in [2.75, 3.05) is 0 Å². The van der Waals surface area contributed by atoms with Crippen LogP contribution in [0.2, 0.25) is 0 Å². The van der Waals surface area contributed by atoms with Crippen LogP contribution in [0, 0.1) is 17.0 Å². The maximum absolute atomic E-state index is 11.0. The Morgan fingerprint density at radius 1 is 1.37 bits per heavy atom. The maximum atomic E-state index is 11.0. The SMILES string of the molecule is Cc1ccc([N+](=O)[O-])c(OC(C)(C)C2OC(C)O2)c1. The first-order valence-corrected chi connectivity index (χ1v) is 6.04. The van der Waals surface area contributed by atoms with E-state index in [-0.39, 0.29) is 17.7 Å². The monoisotopic (exact) mass is 267 g/mol. The first kappa shape index (κ1) is 13.8. The van der Waals surface area contributed by atoms with Crippen LogP contribution in [0.1, 0.15) is 26.3 Å². The third-order valence-electron chi connectivity index (χ3n) is 2.88. The summed E-state index contributed by atoms with van der Waals surface area (Å²) in [6.07, 6.45) is -0.789. The Morgan fingerprint density at radius 3 is 2.53 bits per heavy atom. The molecule has 6 heteroatoms. The zero-order valence-electron chi connectivity index (χ0n) is 11.4. The van der Waals surface area contributed by atoms with Gasteiger partial charge >= 0.3 is 5.69 Å². The lowest BCUT2D eigenvalue weighted by molar-refractivity contribution is -0.413. The van der Waals surface area contributed by atoms with Gasteiger partial charge in [0.05, 0.1) is 4.92 Å². The molecule has 1 aromatic rings. The number of nitro benzene ring substituents is 1. The minimum absolute atomic E-state index is 0.0638. The lowest BCUT2D eigenvalue weighted by atomic mass is 10.1. The van der Waals surface area contributed by atoms with E-state index in [1.54, 1.807) is 32.9 Å². The summed E-state index contributed by atoms with van der Waals surface area (Å²) in [5.41, 5.74) is 0.0247. The van der Waals surface area contributed by atoms with Crippen LogP contribution < -0.4 is 4.74 Å². The van der Waals surface area contributed by atoms with Crippen molar-refractivity contribution in [3.63, 3.8) is 0 Å². The zero-order chi connectivity index (χ0) is 14.2. The van der Waals surface area contributed by atoms with Gasteiger partial charge in [-0.15, -0.1) is 0 Å². The minimum Gasteiger partial charge on any atom is -0.475 e. The van der Waals surface area contributed by atoms with E-state index < -0.39 is 16.8 Å². The molecule has 0 spiro atoms. The molecule has 1 aromatic carbocycles. The van der Waals surface area contributed by atoms with Gasteiger partial charge in [-0.1, -0.05) is 6.07 Å². The topological polar surface area (TPSA) is 70.8 Å². The molecule has 1 saturated heterocycles. The Morgan fingerprint density at radius 2 is 2.00 bits per heavy atom. The molecule has 0 radical (unpaired) electrons. The van der Waals surface area contributed by atoms with Gasteiger partial charge in [0.2, 0.25) is 6.29 Å². The van der Waals surface area contributed by atoms with E-state index in [1.165, 1.54) is 6.07 Å². The van der Waals surface area contributed by atoms with Gasteiger partial charge in [-0.3, -0.25) is 10.1 Å². The molecule has 0 atom stereocenters. The van der Waals surface area contributed by atoms with Gasteiger partial charge < -0.3 is 14.2 Å². The molecule has 0 N–H and O–H groups in total. The van der Waals surface area contributed by atoms with E-state index in [0.29, 0.717) is 0 Å². The summed E-state index contributed by atoms with van der Waals surface area (Å²) in [6, 6.07) is 4.75. The predicted octanol–water partition coefficient (Wildman–Crippen LogP) is 2.78. The van der Waals surface area contributed by atoms with Gasteiger partial charge in [0.25, 0.3) is 0 Å². The summed E-state index contributed by atoms with van der Waals surface area (Å²) in [4.78, 5) is 10.5. The third-order valence-corrected chi connectivity index (χ3v) is 2.88. The fraction of sp³-hybridized carbons (Fsp3) is 0.538. The van der Waals surface area contributed by atoms with Crippen LogP contribution in [0.25, 0.3) is 0 Å². The molecular weight excluding hydrogens is 250 g/mol. The molecule has 0 saturated carbocycles. The number of benzene rings is 1. The van der Waals surface area contributed by atoms with Crippen molar-refractivity contribution in [2.24, 2.45) is 0 Å². The predicted molar refractivity (Wildman–Crippen MR) is 68.0 cm³/mol. The molecule has 1 heterocycles. The molecule has 1 fully saturated rings. The van der Waals surface area contributed by atoms with Gasteiger partial charge in [0, 0.05) is 6.07 Å². The van der Waals surface area contributed by atoms with Crippen LogP contribution in [0.3, 0.4) is 0 Å². The Labute approximate surface area is 111 Å². The van der Waals surface area contributed by atoms with Crippen molar-refractivity contribution in [3.8, 4) is 5.75 Å². The van der Waals surface area contributed by atoms with Gasteiger partial charge in [-0.2, -0.15) is 0 Å². The first-order chi connectivity index (χ1) is 8.79. The van der Waals surface area contributed by atoms with Crippen molar-refractivity contribution in [3.05, 3.63) is 33.9 Å². The molecule has 0 aromatic heterocycles. The number of nitrogens with zero attached hydrogens (tertiary/aromatic N) is 1. The molecular formula is C13H17NO5. The zero-order valence-corrected chi connectivity index (χ0v) is 11.4. The van der Waals surface area contributed by atoms with Crippen molar-refractivity contribution in [1.82, 2.24) is 0 Å². The molecule has 0 unspecified atom stereocenters. The highest BCUT2D eigenvalue weighted by Crippen LogP contribution is 2.35. The maximum Gasteiger partial charge on any atom is 0.310 e. The first-order valence-electron chi connectivity index (χ1n) is 6.04. The molecule has 0 bridgehead atoms. The highest BCUT2D eigenvalue weighted by atomic mass is 16.9. The largest absolute Gasteiger partial charge is 0.475 e. The molecule has 6 nitrogen and oxygen atoms in total. The second-order valence-corrected chi connectivity index (χ2v) is 5.11. The molecule has 2 rings (SSSR count). The third kappa shape index (κ3) is 2.85. The van der Waals surface area contributed by atoms with E-state index in [0.717, 1.165) is 5.56 Å². The molecule has 0 amide bonds. The number of hydrogen-bond acceptors (Lipinski definition) is 5.